The number of carbonyl (C=O) groups excluding carboxylic acids is 1. The van der Waals surface area contributed by atoms with Gasteiger partial charge in [-0.1, -0.05) is 110 Å². The lowest BCUT2D eigenvalue weighted by Gasteiger charge is -2.61. The number of allylic oxidation sites excluding steroid dienone is 9. The number of aliphatic hydroxyl groups is 6. The zero-order valence-electron chi connectivity index (χ0n) is 46.4. The van der Waals surface area contributed by atoms with Gasteiger partial charge in [-0.3, -0.25) is 4.79 Å². The summed E-state index contributed by atoms with van der Waals surface area (Å²) < 4.78 is 12.0. The molecule has 418 valence electrons. The van der Waals surface area contributed by atoms with Gasteiger partial charge in [0.1, 0.15) is 12.4 Å². The molecule has 4 fully saturated rings. The number of methoxy groups -OCH3 is 1. The van der Waals surface area contributed by atoms with Crippen molar-refractivity contribution in [2.24, 2.45) is 40.9 Å². The molecule has 9 N–H and O–H groups in total. The van der Waals surface area contributed by atoms with Crippen molar-refractivity contribution >= 4 is 6.29 Å². The van der Waals surface area contributed by atoms with Crippen molar-refractivity contribution in [3.63, 3.8) is 0 Å². The Balaban J connectivity index is 1.25. The number of hydrogen-bond donors (Lipinski definition) is 9. The fourth-order valence-corrected chi connectivity index (χ4v) is 15.7. The molecule has 0 amide bonds. The Labute approximate surface area is 450 Å². The maximum absolute atomic E-state index is 13.2. The zero-order chi connectivity index (χ0) is 53.8. The van der Waals surface area contributed by atoms with Crippen LogP contribution in [0.3, 0.4) is 0 Å². The Morgan fingerprint density at radius 3 is 2.57 bits per heavy atom. The quantitative estimate of drug-likeness (QED) is 0.0241. The monoisotopic (exact) mass is 1040 g/mol. The first kappa shape index (κ1) is 59.5. The normalized spacial score (nSPS) is 35.4. The van der Waals surface area contributed by atoms with E-state index in [1.165, 1.54) is 23.1 Å². The zero-order valence-corrected chi connectivity index (χ0v) is 46.4. The lowest BCUT2D eigenvalue weighted by molar-refractivity contribution is -0.194. The Morgan fingerprint density at radius 2 is 1.85 bits per heavy atom. The van der Waals surface area contributed by atoms with Gasteiger partial charge >= 0.3 is 0 Å². The maximum atomic E-state index is 13.2. The molecule has 75 heavy (non-hydrogen) atoms. The van der Waals surface area contributed by atoms with Gasteiger partial charge in [-0.05, 0) is 164 Å². The first-order chi connectivity index (χ1) is 36.1. The number of aliphatic hydroxyl groups excluding tert-OH is 5. The van der Waals surface area contributed by atoms with Crippen LogP contribution >= 0.6 is 0 Å². The van der Waals surface area contributed by atoms with E-state index in [1.807, 2.05) is 34.1 Å². The Bertz CT molecular complexity index is 2200. The molecule has 1 heterocycles. The summed E-state index contributed by atoms with van der Waals surface area (Å²) in [4.78, 5) is 12.6. The third kappa shape index (κ3) is 13.2. The minimum Gasteiger partial charge on any atom is -0.396 e. The Hall–Kier alpha value is -3.11. The second kappa shape index (κ2) is 27.2. The van der Waals surface area contributed by atoms with Gasteiger partial charge in [0, 0.05) is 67.7 Å². The third-order valence-corrected chi connectivity index (χ3v) is 19.5. The fraction of sp³-hybridized carbons (Fsp3) is 0.698. The first-order valence-electron chi connectivity index (χ1n) is 29.0. The van der Waals surface area contributed by atoms with E-state index < -0.39 is 35.7 Å². The second-order valence-corrected chi connectivity index (χ2v) is 24.2. The molecule has 0 unspecified atom stereocenters. The number of fused-ring (bicyclic) bond motifs is 6. The van der Waals surface area contributed by atoms with Crippen LogP contribution in [0.2, 0.25) is 0 Å². The minimum absolute atomic E-state index is 0.0593. The SMILES string of the molecule is C=C(/C=C/C=C(/COC[C@H](O)CO)[C@@H]1CC[C@]2([C@@H]1O)[C@@H]1C(=C(C)C=O)[C@@H](C=C[C@@H]1CCO)C[C@]2(O)CCNC)[C@H]1C/C=C(\C)CN[C@](CCOC)([C@@H]2CCC[C@H](NC[C@H](C)O)C2)Cc2cccc(c2)C12CCCCC2. The molecule has 7 rings (SSSR count). The smallest absolute Gasteiger partial charge is 0.145 e. The van der Waals surface area contributed by atoms with Gasteiger partial charge in [0.05, 0.1) is 37.6 Å². The second-order valence-electron chi connectivity index (χ2n) is 24.2. The number of rotatable bonds is 22. The molecular formula is C63H97N3O9. The molecule has 12 heteroatoms. The van der Waals surface area contributed by atoms with E-state index in [4.69, 9.17) is 16.1 Å². The molecule has 1 aromatic carbocycles. The van der Waals surface area contributed by atoms with Gasteiger partial charge in [0.2, 0.25) is 0 Å². The van der Waals surface area contributed by atoms with E-state index in [9.17, 15) is 35.4 Å². The van der Waals surface area contributed by atoms with Crippen LogP contribution in [0.25, 0.3) is 0 Å². The molecule has 0 aromatic heterocycles. The van der Waals surface area contributed by atoms with E-state index in [0.717, 1.165) is 100 Å². The molecule has 0 saturated heterocycles. The van der Waals surface area contributed by atoms with E-state index >= 15 is 0 Å². The Morgan fingerprint density at radius 1 is 1.05 bits per heavy atom. The van der Waals surface area contributed by atoms with Crippen LogP contribution in [0.5, 0.6) is 0 Å². The molecule has 6 aliphatic rings. The number of aldehydes is 1. The molecule has 4 bridgehead atoms. The lowest BCUT2D eigenvalue weighted by Crippen LogP contribution is -2.65. The van der Waals surface area contributed by atoms with Gasteiger partial charge in [0.15, 0.2) is 0 Å². The highest BCUT2D eigenvalue weighted by Crippen LogP contribution is 2.67. The summed E-state index contributed by atoms with van der Waals surface area (Å²) >= 11 is 0. The number of benzene rings is 1. The van der Waals surface area contributed by atoms with Crippen molar-refractivity contribution in [2.45, 2.75) is 171 Å². The molecule has 12 nitrogen and oxygen atoms in total. The summed E-state index contributed by atoms with van der Waals surface area (Å²) in [5.41, 5.74) is 4.87. The number of hydrogen-bond acceptors (Lipinski definition) is 12. The molecule has 2 spiro atoms. The minimum atomic E-state index is -1.28. The molecular weight excluding hydrogens is 943 g/mol. The highest BCUT2D eigenvalue weighted by atomic mass is 16.5. The highest BCUT2D eigenvalue weighted by Gasteiger charge is 2.68. The summed E-state index contributed by atoms with van der Waals surface area (Å²) in [6.45, 7) is 13.0. The topological polar surface area (TPSA) is 193 Å². The molecule has 1 aromatic rings. The first-order valence-corrected chi connectivity index (χ1v) is 29.0. The van der Waals surface area contributed by atoms with Crippen molar-refractivity contribution in [1.82, 2.24) is 16.0 Å². The average Bonchev–Trinajstić information content (AvgIpc) is 3.77. The summed E-state index contributed by atoms with van der Waals surface area (Å²) in [5.74, 6) is -0.588. The fourth-order valence-electron chi connectivity index (χ4n) is 15.7. The number of carbonyl (C=O) groups is 1. The average molecular weight is 1040 g/mol. The van der Waals surface area contributed by atoms with Crippen molar-refractivity contribution in [3.05, 3.63) is 106 Å². The van der Waals surface area contributed by atoms with Gasteiger partial charge in [-0.2, -0.15) is 0 Å². The maximum Gasteiger partial charge on any atom is 0.145 e. The van der Waals surface area contributed by atoms with Crippen LogP contribution in [0.4, 0.5) is 0 Å². The summed E-state index contributed by atoms with van der Waals surface area (Å²) in [6.07, 6.45) is 26.5. The third-order valence-electron chi connectivity index (χ3n) is 19.5. The van der Waals surface area contributed by atoms with E-state index in [2.05, 4.69) is 77.5 Å². The molecule has 4 saturated carbocycles. The van der Waals surface area contributed by atoms with Gasteiger partial charge in [0.25, 0.3) is 0 Å². The molecule has 0 radical (unpaired) electrons. The van der Waals surface area contributed by atoms with Crippen molar-refractivity contribution in [1.29, 1.82) is 0 Å². The van der Waals surface area contributed by atoms with Crippen molar-refractivity contribution < 1.29 is 44.9 Å². The van der Waals surface area contributed by atoms with Gasteiger partial charge in [-0.15, -0.1) is 0 Å². The molecule has 1 aliphatic heterocycles. The van der Waals surface area contributed by atoms with Crippen LogP contribution in [0.1, 0.15) is 135 Å². The van der Waals surface area contributed by atoms with Crippen LogP contribution in [-0.4, -0.2) is 139 Å². The van der Waals surface area contributed by atoms with Crippen LogP contribution in [0, 0.1) is 40.9 Å². The summed E-state index contributed by atoms with van der Waals surface area (Å²) in [5, 5.41) is 78.1. The standard InChI is InChI=1S/C63H97N3O9/c1-43-19-22-56(60(25-8-7-9-26-60)51-16-11-14-47(33-51)35-61(66-37-43,29-32-74-6)52-17-12-18-53(34-52)65-38-46(4)70)44(2)13-10-15-50(41-75-42-54(71)40-69)55-23-27-63(59(55)72)58-48(24-31-67)20-21-49(57(58)45(3)39-68)36-62(63,73)28-30-64-5/h10-11,13-16,19-21,33,39,46,48-49,52-56,58-59,64-67,69-73H,2,7-9,12,17-18,22-32,34-38,40-42H2,1,3-6H3/b13-10+,43-19+,50-15-,57-45?/t46-,48+,49-,52+,53-,54+,55-,56+,58-,59+,61-,62+,63+/m0/s1. The lowest BCUT2D eigenvalue weighted by atomic mass is 9.45. The number of nitrogens with one attached hydrogen (secondary N) is 3. The predicted octanol–water partition coefficient (Wildman–Crippen LogP) is 7.52. The molecule has 13 atom stereocenters. The number of ether oxygens (including phenoxy) is 2. The van der Waals surface area contributed by atoms with E-state index in [1.54, 1.807) is 0 Å². The van der Waals surface area contributed by atoms with Crippen LogP contribution < -0.4 is 16.0 Å². The highest BCUT2D eigenvalue weighted by molar-refractivity contribution is 5.74. The van der Waals surface area contributed by atoms with Crippen molar-refractivity contribution in [3.8, 4) is 0 Å². The van der Waals surface area contributed by atoms with Crippen LogP contribution in [-0.2, 0) is 26.1 Å². The Kier molecular flexibility index (Phi) is 21.6. The molecule has 5 aliphatic carbocycles. The predicted molar refractivity (Wildman–Crippen MR) is 299 cm³/mol. The van der Waals surface area contributed by atoms with Gasteiger partial charge in [-0.25, -0.2) is 0 Å². The summed E-state index contributed by atoms with van der Waals surface area (Å²) in [6, 6.07) is 9.86. The van der Waals surface area contributed by atoms with E-state index in [-0.39, 0.29) is 60.6 Å². The summed E-state index contributed by atoms with van der Waals surface area (Å²) in [7, 11) is 3.68. The van der Waals surface area contributed by atoms with Gasteiger partial charge < -0.3 is 56.1 Å². The van der Waals surface area contributed by atoms with Crippen LogP contribution in [0.15, 0.2) is 95.2 Å². The van der Waals surface area contributed by atoms with Crippen molar-refractivity contribution in [2.75, 3.05) is 66.8 Å². The van der Waals surface area contributed by atoms with E-state index in [0.29, 0.717) is 69.3 Å². The largest absolute Gasteiger partial charge is 0.396 e.